The smallest absolute Gasteiger partial charge is 0.149 e. The minimum atomic E-state index is 0.426. The molecule has 0 spiro atoms. The van der Waals surface area contributed by atoms with E-state index in [1.165, 1.54) is 6.08 Å². The second-order valence-corrected chi connectivity index (χ2v) is 0.897. The SMILES string of the molecule is C=CC(=C)C=O. The van der Waals surface area contributed by atoms with E-state index in [1.54, 1.807) is 0 Å². The van der Waals surface area contributed by atoms with Crippen molar-refractivity contribution in [3.8, 4) is 0 Å². The molecule has 0 heterocycles. The molecule has 0 atom stereocenters. The summed E-state index contributed by atoms with van der Waals surface area (Å²) in [6.07, 6.45) is 2.07. The Balaban J connectivity index is 3.52. The van der Waals surface area contributed by atoms with Crippen molar-refractivity contribution in [2.75, 3.05) is 0 Å². The standard InChI is InChI=1S/C5H6O/c1-3-5(2)4-6/h3-4H,1-2H2. The number of carbonyl (C=O) groups excluding carboxylic acids is 1. The van der Waals surface area contributed by atoms with Crippen molar-refractivity contribution in [2.45, 2.75) is 0 Å². The van der Waals surface area contributed by atoms with Crippen LogP contribution in [-0.4, -0.2) is 6.29 Å². The van der Waals surface area contributed by atoms with Crippen LogP contribution in [0, 0.1) is 0 Å². The Morgan fingerprint density at radius 1 is 1.67 bits per heavy atom. The molecule has 0 aliphatic heterocycles. The molecule has 6 heavy (non-hydrogen) atoms. The van der Waals surface area contributed by atoms with E-state index in [-0.39, 0.29) is 0 Å². The summed E-state index contributed by atoms with van der Waals surface area (Å²) in [4.78, 5) is 9.57. The summed E-state index contributed by atoms with van der Waals surface area (Å²) in [5.74, 6) is 0. The monoisotopic (exact) mass is 82.0 g/mol. The van der Waals surface area contributed by atoms with E-state index in [9.17, 15) is 4.79 Å². The molecule has 0 unspecified atom stereocenters. The lowest BCUT2D eigenvalue weighted by Gasteiger charge is -1.71. The van der Waals surface area contributed by atoms with Gasteiger partial charge in [0, 0.05) is 5.57 Å². The molecule has 0 aromatic heterocycles. The minimum absolute atomic E-state index is 0.426. The third kappa shape index (κ3) is 1.47. The molecule has 1 heteroatoms. The van der Waals surface area contributed by atoms with Crippen LogP contribution in [0.3, 0.4) is 0 Å². The van der Waals surface area contributed by atoms with Crippen LogP contribution < -0.4 is 0 Å². The Morgan fingerprint density at radius 2 is 2.17 bits per heavy atom. The maximum absolute atomic E-state index is 9.57. The maximum atomic E-state index is 9.57. The average molecular weight is 82.1 g/mol. The fourth-order valence-electron chi connectivity index (χ4n) is 0.0481. The second kappa shape index (κ2) is 2.39. The van der Waals surface area contributed by atoms with Crippen LogP contribution in [0.15, 0.2) is 24.8 Å². The molecular formula is C5H6O. The fraction of sp³-hybridized carbons (Fsp3) is 0. The van der Waals surface area contributed by atoms with Crippen LogP contribution in [0.4, 0.5) is 0 Å². The van der Waals surface area contributed by atoms with Gasteiger partial charge in [-0.2, -0.15) is 0 Å². The highest BCUT2D eigenvalue weighted by molar-refractivity contribution is 5.75. The van der Waals surface area contributed by atoms with Crippen molar-refractivity contribution in [2.24, 2.45) is 0 Å². The first-order valence-corrected chi connectivity index (χ1v) is 1.57. The predicted octanol–water partition coefficient (Wildman–Crippen LogP) is 0.927. The molecule has 0 aliphatic rings. The van der Waals surface area contributed by atoms with E-state index in [0.29, 0.717) is 11.9 Å². The maximum Gasteiger partial charge on any atom is 0.149 e. The molecule has 1 nitrogen and oxygen atoms in total. The number of carbonyl (C=O) groups is 1. The van der Waals surface area contributed by atoms with Gasteiger partial charge in [0.1, 0.15) is 6.29 Å². The molecule has 0 radical (unpaired) electrons. The van der Waals surface area contributed by atoms with Gasteiger partial charge in [0.25, 0.3) is 0 Å². The van der Waals surface area contributed by atoms with E-state index in [1.807, 2.05) is 0 Å². The fourth-order valence-corrected chi connectivity index (χ4v) is 0.0481. The molecular weight excluding hydrogens is 76.1 g/mol. The highest BCUT2D eigenvalue weighted by Gasteiger charge is 1.71. The van der Waals surface area contributed by atoms with Crippen LogP contribution in [0.5, 0.6) is 0 Å². The zero-order valence-electron chi connectivity index (χ0n) is 3.48. The van der Waals surface area contributed by atoms with Gasteiger partial charge in [-0.05, 0) is 0 Å². The Bertz CT molecular complexity index is 71.9. The van der Waals surface area contributed by atoms with E-state index in [0.717, 1.165) is 0 Å². The zero-order valence-corrected chi connectivity index (χ0v) is 3.48. The van der Waals surface area contributed by atoms with E-state index >= 15 is 0 Å². The van der Waals surface area contributed by atoms with Crippen molar-refractivity contribution in [1.29, 1.82) is 0 Å². The second-order valence-electron chi connectivity index (χ2n) is 0.897. The molecule has 0 amide bonds. The van der Waals surface area contributed by atoms with Crippen molar-refractivity contribution in [3.63, 3.8) is 0 Å². The number of aldehydes is 1. The third-order valence-corrected chi connectivity index (χ3v) is 0.414. The molecule has 0 bridgehead atoms. The lowest BCUT2D eigenvalue weighted by Crippen LogP contribution is -1.68. The molecule has 0 fully saturated rings. The van der Waals surface area contributed by atoms with E-state index in [4.69, 9.17) is 0 Å². The topological polar surface area (TPSA) is 17.1 Å². The zero-order chi connectivity index (χ0) is 4.99. The highest BCUT2D eigenvalue weighted by atomic mass is 16.1. The Labute approximate surface area is 37.0 Å². The van der Waals surface area contributed by atoms with Gasteiger partial charge < -0.3 is 0 Å². The molecule has 32 valence electrons. The first-order valence-electron chi connectivity index (χ1n) is 1.57. The lowest BCUT2D eigenvalue weighted by molar-refractivity contribution is -0.104. The Morgan fingerprint density at radius 3 is 2.17 bits per heavy atom. The van der Waals surface area contributed by atoms with Gasteiger partial charge >= 0.3 is 0 Å². The van der Waals surface area contributed by atoms with Crippen molar-refractivity contribution in [3.05, 3.63) is 24.8 Å². The minimum Gasteiger partial charge on any atom is -0.298 e. The van der Waals surface area contributed by atoms with Gasteiger partial charge in [-0.15, -0.1) is 0 Å². The van der Waals surface area contributed by atoms with Crippen molar-refractivity contribution in [1.82, 2.24) is 0 Å². The quantitative estimate of drug-likeness (QED) is 0.275. The van der Waals surface area contributed by atoms with Crippen LogP contribution in [0.25, 0.3) is 0 Å². The summed E-state index contributed by atoms with van der Waals surface area (Å²) >= 11 is 0. The number of hydrogen-bond donors (Lipinski definition) is 0. The van der Waals surface area contributed by atoms with Gasteiger partial charge in [0.05, 0.1) is 0 Å². The molecule has 0 saturated heterocycles. The van der Waals surface area contributed by atoms with Crippen molar-refractivity contribution < 1.29 is 4.79 Å². The molecule has 0 aromatic carbocycles. The van der Waals surface area contributed by atoms with E-state index < -0.39 is 0 Å². The lowest BCUT2D eigenvalue weighted by atomic mass is 10.3. The third-order valence-electron chi connectivity index (χ3n) is 0.414. The normalized spacial score (nSPS) is 6.67. The number of allylic oxidation sites excluding steroid dienone is 2. The summed E-state index contributed by atoms with van der Waals surface area (Å²) < 4.78 is 0. The van der Waals surface area contributed by atoms with Crippen LogP contribution >= 0.6 is 0 Å². The van der Waals surface area contributed by atoms with Crippen molar-refractivity contribution >= 4 is 6.29 Å². The van der Waals surface area contributed by atoms with Crippen LogP contribution in [0.1, 0.15) is 0 Å². The summed E-state index contributed by atoms with van der Waals surface area (Å²) in [5.41, 5.74) is 0.426. The molecule has 0 aliphatic carbocycles. The average Bonchev–Trinajstić information content (AvgIpc) is 1.65. The molecule has 0 aromatic rings. The van der Waals surface area contributed by atoms with Gasteiger partial charge in [-0.1, -0.05) is 19.2 Å². The number of rotatable bonds is 2. The highest BCUT2D eigenvalue weighted by Crippen LogP contribution is 1.78. The van der Waals surface area contributed by atoms with Gasteiger partial charge in [0.15, 0.2) is 0 Å². The Kier molecular flexibility index (Phi) is 2.05. The van der Waals surface area contributed by atoms with E-state index in [2.05, 4.69) is 13.2 Å². The summed E-state index contributed by atoms with van der Waals surface area (Å²) in [6.45, 7) is 6.61. The first kappa shape index (κ1) is 5.15. The van der Waals surface area contributed by atoms with Gasteiger partial charge in [-0.3, -0.25) is 4.79 Å². The van der Waals surface area contributed by atoms with Crippen LogP contribution in [0.2, 0.25) is 0 Å². The summed E-state index contributed by atoms with van der Waals surface area (Å²) in [7, 11) is 0. The predicted molar refractivity (Wildman–Crippen MR) is 25.4 cm³/mol. The molecule has 0 saturated carbocycles. The number of hydrogen-bond acceptors (Lipinski definition) is 1. The molecule has 0 rings (SSSR count). The summed E-state index contributed by atoms with van der Waals surface area (Å²) in [6, 6.07) is 0. The van der Waals surface area contributed by atoms with Gasteiger partial charge in [-0.25, -0.2) is 0 Å². The Hall–Kier alpha value is -0.850. The first-order chi connectivity index (χ1) is 2.81. The largest absolute Gasteiger partial charge is 0.298 e. The van der Waals surface area contributed by atoms with Crippen LogP contribution in [-0.2, 0) is 4.79 Å². The molecule has 0 N–H and O–H groups in total. The van der Waals surface area contributed by atoms with Gasteiger partial charge in [0.2, 0.25) is 0 Å². The summed E-state index contributed by atoms with van der Waals surface area (Å²) in [5, 5.41) is 0.